The van der Waals surface area contributed by atoms with Crippen LogP contribution in [0, 0.1) is 6.92 Å². The van der Waals surface area contributed by atoms with Crippen molar-refractivity contribution in [3.8, 4) is 11.4 Å². The third kappa shape index (κ3) is 1.83. The molecule has 0 bridgehead atoms. The second-order valence-corrected chi connectivity index (χ2v) is 6.74. The van der Waals surface area contributed by atoms with Crippen LogP contribution < -0.4 is 5.32 Å². The first-order chi connectivity index (χ1) is 11.3. The number of rotatable bonds is 1. The lowest BCUT2D eigenvalue weighted by Crippen LogP contribution is -2.25. The van der Waals surface area contributed by atoms with E-state index >= 15 is 0 Å². The summed E-state index contributed by atoms with van der Waals surface area (Å²) in [5.74, 6) is 0.996. The van der Waals surface area contributed by atoms with Gasteiger partial charge in [0, 0.05) is 16.6 Å². The normalized spacial score (nSPS) is 16.0. The van der Waals surface area contributed by atoms with E-state index in [2.05, 4.69) is 51.7 Å². The standard InChI is InChI=1S/C18H14N4S/c1-11-19-15(10-23-11)18-20-13-7-3-2-6-12(13)17-21-14-8-4-5-9-16(14)22(17)18/h2-10,18,20H,1H3/t18-/m1/s1. The Morgan fingerprint density at radius 1 is 1.04 bits per heavy atom. The molecule has 0 saturated heterocycles. The van der Waals surface area contributed by atoms with Crippen LogP contribution in [0.25, 0.3) is 22.4 Å². The quantitative estimate of drug-likeness (QED) is 0.564. The summed E-state index contributed by atoms with van der Waals surface area (Å²) in [6, 6.07) is 16.6. The largest absolute Gasteiger partial charge is 0.359 e. The highest BCUT2D eigenvalue weighted by molar-refractivity contribution is 7.09. The van der Waals surface area contributed by atoms with Gasteiger partial charge in [-0.15, -0.1) is 11.3 Å². The molecular weight excluding hydrogens is 304 g/mol. The van der Waals surface area contributed by atoms with Crippen molar-refractivity contribution in [2.45, 2.75) is 13.1 Å². The zero-order valence-electron chi connectivity index (χ0n) is 12.5. The SMILES string of the molecule is Cc1nc([C@@H]2Nc3ccccc3-c3nc4ccccc4n32)cs1. The average molecular weight is 318 g/mol. The van der Waals surface area contributed by atoms with Crippen LogP contribution in [-0.2, 0) is 0 Å². The van der Waals surface area contributed by atoms with Crippen LogP contribution in [0.15, 0.2) is 53.9 Å². The third-order valence-corrected chi connectivity index (χ3v) is 5.02. The van der Waals surface area contributed by atoms with Crippen molar-refractivity contribution in [1.82, 2.24) is 14.5 Å². The lowest BCUT2D eigenvalue weighted by molar-refractivity contribution is 0.652. The molecule has 2 aromatic heterocycles. The molecule has 112 valence electrons. The highest BCUT2D eigenvalue weighted by atomic mass is 32.1. The number of para-hydroxylation sites is 3. The maximum Gasteiger partial charge on any atom is 0.150 e. The first-order valence-corrected chi connectivity index (χ1v) is 8.44. The summed E-state index contributed by atoms with van der Waals surface area (Å²) in [5, 5.41) is 6.83. The van der Waals surface area contributed by atoms with E-state index < -0.39 is 0 Å². The predicted molar refractivity (Wildman–Crippen MR) is 93.8 cm³/mol. The van der Waals surface area contributed by atoms with E-state index in [9.17, 15) is 0 Å². The molecule has 0 aliphatic carbocycles. The highest BCUT2D eigenvalue weighted by Crippen LogP contribution is 2.40. The van der Waals surface area contributed by atoms with Gasteiger partial charge >= 0.3 is 0 Å². The van der Waals surface area contributed by atoms with Gasteiger partial charge in [-0.1, -0.05) is 24.3 Å². The molecule has 0 spiro atoms. The van der Waals surface area contributed by atoms with E-state index in [0.717, 1.165) is 38.8 Å². The minimum absolute atomic E-state index is 0.0303. The summed E-state index contributed by atoms with van der Waals surface area (Å²) in [6.07, 6.45) is -0.0303. The number of anilines is 1. The highest BCUT2D eigenvalue weighted by Gasteiger charge is 2.29. The molecule has 4 nitrogen and oxygen atoms in total. The van der Waals surface area contributed by atoms with Gasteiger partial charge in [-0.3, -0.25) is 4.57 Å². The summed E-state index contributed by atoms with van der Waals surface area (Å²) in [5.41, 5.74) is 5.40. The summed E-state index contributed by atoms with van der Waals surface area (Å²) >= 11 is 1.68. The van der Waals surface area contributed by atoms with Gasteiger partial charge in [0.2, 0.25) is 0 Å². The van der Waals surface area contributed by atoms with Gasteiger partial charge in [0.05, 0.1) is 21.7 Å². The number of benzene rings is 2. The summed E-state index contributed by atoms with van der Waals surface area (Å²) < 4.78 is 2.26. The Bertz CT molecular complexity index is 1030. The van der Waals surface area contributed by atoms with Gasteiger partial charge in [0.15, 0.2) is 0 Å². The summed E-state index contributed by atoms with van der Waals surface area (Å²) in [4.78, 5) is 9.58. The van der Waals surface area contributed by atoms with Crippen LogP contribution in [-0.4, -0.2) is 14.5 Å². The molecule has 2 aromatic carbocycles. The number of imidazole rings is 1. The summed E-state index contributed by atoms with van der Waals surface area (Å²) in [7, 11) is 0. The van der Waals surface area contributed by atoms with Crippen LogP contribution >= 0.6 is 11.3 Å². The minimum atomic E-state index is -0.0303. The van der Waals surface area contributed by atoms with Gasteiger partial charge < -0.3 is 5.32 Å². The number of hydrogen-bond donors (Lipinski definition) is 1. The van der Waals surface area contributed by atoms with Gasteiger partial charge in [-0.2, -0.15) is 0 Å². The minimum Gasteiger partial charge on any atom is -0.359 e. The van der Waals surface area contributed by atoms with Crippen molar-refractivity contribution in [1.29, 1.82) is 0 Å². The first-order valence-electron chi connectivity index (χ1n) is 7.56. The second-order valence-electron chi connectivity index (χ2n) is 5.68. The Labute approximate surface area is 137 Å². The second kappa shape index (κ2) is 4.67. The van der Waals surface area contributed by atoms with Crippen LogP contribution in [0.4, 0.5) is 5.69 Å². The Morgan fingerprint density at radius 3 is 2.74 bits per heavy atom. The van der Waals surface area contributed by atoms with Crippen molar-refractivity contribution in [2.24, 2.45) is 0 Å². The number of hydrogen-bond acceptors (Lipinski definition) is 4. The predicted octanol–water partition coefficient (Wildman–Crippen LogP) is 4.44. The number of nitrogens with zero attached hydrogens (tertiary/aromatic N) is 3. The fourth-order valence-corrected chi connectivity index (χ4v) is 3.85. The number of aryl methyl sites for hydroxylation is 1. The van der Waals surface area contributed by atoms with Crippen molar-refractivity contribution in [3.05, 3.63) is 64.6 Å². The fourth-order valence-electron chi connectivity index (χ4n) is 3.22. The molecule has 0 radical (unpaired) electrons. The number of aromatic nitrogens is 3. The van der Waals surface area contributed by atoms with Gasteiger partial charge in [-0.25, -0.2) is 9.97 Å². The van der Waals surface area contributed by atoms with E-state index in [0.29, 0.717) is 0 Å². The third-order valence-electron chi connectivity index (χ3n) is 4.23. The average Bonchev–Trinajstić information content (AvgIpc) is 3.18. The smallest absolute Gasteiger partial charge is 0.150 e. The van der Waals surface area contributed by atoms with E-state index in [-0.39, 0.29) is 6.17 Å². The van der Waals surface area contributed by atoms with Crippen LogP contribution in [0.2, 0.25) is 0 Å². The zero-order chi connectivity index (χ0) is 15.4. The van der Waals surface area contributed by atoms with Crippen LogP contribution in [0.3, 0.4) is 0 Å². The lowest BCUT2D eigenvalue weighted by atomic mass is 10.1. The Kier molecular flexibility index (Phi) is 2.60. The molecule has 0 amide bonds. The van der Waals surface area contributed by atoms with E-state index in [1.807, 2.05) is 19.1 Å². The molecule has 5 rings (SSSR count). The molecule has 1 atom stereocenters. The summed E-state index contributed by atoms with van der Waals surface area (Å²) in [6.45, 7) is 2.04. The molecule has 4 aromatic rings. The van der Waals surface area contributed by atoms with Gasteiger partial charge in [0.1, 0.15) is 12.0 Å². The lowest BCUT2D eigenvalue weighted by Gasteiger charge is -2.28. The molecule has 3 heterocycles. The molecule has 0 saturated carbocycles. The van der Waals surface area contributed by atoms with Crippen molar-refractivity contribution in [2.75, 3.05) is 5.32 Å². The van der Waals surface area contributed by atoms with Crippen molar-refractivity contribution in [3.63, 3.8) is 0 Å². The topological polar surface area (TPSA) is 42.7 Å². The number of fused-ring (bicyclic) bond motifs is 5. The van der Waals surface area contributed by atoms with Crippen molar-refractivity contribution < 1.29 is 0 Å². The van der Waals surface area contributed by atoms with E-state index in [1.54, 1.807) is 11.3 Å². The Balaban J connectivity index is 1.84. The van der Waals surface area contributed by atoms with Crippen molar-refractivity contribution >= 4 is 28.1 Å². The molecular formula is C18H14N4S. The van der Waals surface area contributed by atoms with Gasteiger partial charge in [-0.05, 0) is 31.2 Å². The number of nitrogens with one attached hydrogen (secondary N) is 1. The van der Waals surface area contributed by atoms with E-state index in [4.69, 9.17) is 9.97 Å². The van der Waals surface area contributed by atoms with E-state index in [1.165, 1.54) is 0 Å². The maximum absolute atomic E-state index is 4.88. The molecule has 1 aliphatic heterocycles. The molecule has 0 fully saturated rings. The van der Waals surface area contributed by atoms with Gasteiger partial charge in [0.25, 0.3) is 0 Å². The fraction of sp³-hybridized carbons (Fsp3) is 0.111. The molecule has 23 heavy (non-hydrogen) atoms. The molecule has 1 aliphatic rings. The zero-order valence-corrected chi connectivity index (χ0v) is 13.3. The Hall–Kier alpha value is -2.66. The monoisotopic (exact) mass is 318 g/mol. The maximum atomic E-state index is 4.88. The Morgan fingerprint density at radius 2 is 1.87 bits per heavy atom. The number of thiazole rings is 1. The van der Waals surface area contributed by atoms with Crippen LogP contribution in [0.5, 0.6) is 0 Å². The van der Waals surface area contributed by atoms with Crippen LogP contribution in [0.1, 0.15) is 16.9 Å². The first kappa shape index (κ1) is 12.8. The molecule has 1 N–H and O–H groups in total. The molecule has 5 heteroatoms. The molecule has 0 unspecified atom stereocenters.